The van der Waals surface area contributed by atoms with Crippen LogP contribution >= 0.6 is 11.6 Å². The molecule has 0 aliphatic carbocycles. The van der Waals surface area contributed by atoms with Gasteiger partial charge in [0.1, 0.15) is 6.04 Å². The molecule has 2 aliphatic rings. The zero-order chi connectivity index (χ0) is 19.9. The van der Waals surface area contributed by atoms with E-state index >= 15 is 0 Å². The fraction of sp³-hybridized carbons (Fsp3) is 0.263. The number of benzene rings is 2. The number of urea groups is 1. The van der Waals surface area contributed by atoms with Crippen LogP contribution in [0.15, 0.2) is 59.5 Å². The molecule has 3 amide bonds. The Kier molecular flexibility index (Phi) is 4.86. The summed E-state index contributed by atoms with van der Waals surface area (Å²) in [5.41, 5.74) is 0.787. The highest BCUT2D eigenvalue weighted by Crippen LogP contribution is 2.31. The van der Waals surface area contributed by atoms with E-state index in [0.29, 0.717) is 11.4 Å². The quantitative estimate of drug-likeness (QED) is 0.823. The predicted octanol–water partition coefficient (Wildman–Crippen LogP) is 2.22. The van der Waals surface area contributed by atoms with Gasteiger partial charge in [0.25, 0.3) is 5.91 Å². The van der Waals surface area contributed by atoms with Crippen molar-refractivity contribution >= 4 is 33.6 Å². The van der Waals surface area contributed by atoms with E-state index in [0.717, 1.165) is 10.5 Å². The van der Waals surface area contributed by atoms with Gasteiger partial charge < -0.3 is 5.32 Å². The number of fused-ring (bicyclic) bond motifs is 1. The molecule has 146 valence electrons. The molecule has 2 atom stereocenters. The van der Waals surface area contributed by atoms with Crippen molar-refractivity contribution in [2.24, 2.45) is 0 Å². The maximum Gasteiger partial charge on any atom is 0.324 e. The monoisotopic (exact) mass is 419 g/mol. The summed E-state index contributed by atoms with van der Waals surface area (Å²) in [6, 6.07) is 12.9. The first-order chi connectivity index (χ1) is 13.4. The Balaban J connectivity index is 1.63. The zero-order valence-corrected chi connectivity index (χ0v) is 16.4. The van der Waals surface area contributed by atoms with Crippen LogP contribution in [0.25, 0.3) is 0 Å². The molecule has 4 rings (SSSR count). The Morgan fingerprint density at radius 2 is 1.71 bits per heavy atom. The largest absolute Gasteiger partial charge is 0.333 e. The topological polar surface area (TPSA) is 86.8 Å². The molecule has 2 heterocycles. The van der Waals surface area contributed by atoms with Crippen LogP contribution in [0.3, 0.4) is 0 Å². The maximum atomic E-state index is 13.1. The second kappa shape index (κ2) is 7.20. The third-order valence-corrected chi connectivity index (χ3v) is 7.18. The van der Waals surface area contributed by atoms with E-state index in [2.05, 4.69) is 5.32 Å². The fourth-order valence-electron chi connectivity index (χ4n) is 3.63. The molecule has 7 nitrogen and oxygen atoms in total. The molecule has 28 heavy (non-hydrogen) atoms. The van der Waals surface area contributed by atoms with Crippen LogP contribution in [-0.2, 0) is 21.4 Å². The summed E-state index contributed by atoms with van der Waals surface area (Å²) in [6.45, 7) is 0.245. The Bertz CT molecular complexity index is 1010. The number of carbonyl (C=O) groups excluding carboxylic acids is 2. The minimum Gasteiger partial charge on any atom is -0.333 e. The predicted molar refractivity (Wildman–Crippen MR) is 103 cm³/mol. The van der Waals surface area contributed by atoms with Crippen LogP contribution in [0.5, 0.6) is 0 Å². The van der Waals surface area contributed by atoms with Gasteiger partial charge in [-0.1, -0.05) is 41.9 Å². The molecule has 0 unspecified atom stereocenters. The number of sulfonamides is 1. The number of hydrogen-bond acceptors (Lipinski definition) is 4. The highest BCUT2D eigenvalue weighted by molar-refractivity contribution is 7.89. The minimum absolute atomic E-state index is 0.0665. The van der Waals surface area contributed by atoms with Gasteiger partial charge in [-0.15, -0.1) is 0 Å². The summed E-state index contributed by atoms with van der Waals surface area (Å²) in [4.78, 5) is 26.7. The maximum absolute atomic E-state index is 13.1. The minimum atomic E-state index is -3.90. The number of carbonyl (C=O) groups is 2. The number of rotatable bonds is 4. The van der Waals surface area contributed by atoms with Crippen molar-refractivity contribution in [1.82, 2.24) is 14.5 Å². The van der Waals surface area contributed by atoms with Crippen molar-refractivity contribution in [3.63, 3.8) is 0 Å². The second-order valence-electron chi connectivity index (χ2n) is 6.77. The molecular formula is C19H18ClN3O4S. The lowest BCUT2D eigenvalue weighted by molar-refractivity contribution is -0.134. The molecule has 0 radical (unpaired) electrons. The third-order valence-electron chi connectivity index (χ3n) is 5.03. The summed E-state index contributed by atoms with van der Waals surface area (Å²) >= 11 is 5.85. The molecule has 2 aromatic rings. The molecule has 0 spiro atoms. The first kappa shape index (κ1) is 18.9. The van der Waals surface area contributed by atoms with Gasteiger partial charge >= 0.3 is 6.03 Å². The fourth-order valence-corrected chi connectivity index (χ4v) is 5.39. The van der Waals surface area contributed by atoms with Crippen molar-refractivity contribution in [2.75, 3.05) is 6.54 Å². The lowest BCUT2D eigenvalue weighted by Crippen LogP contribution is -2.64. The van der Waals surface area contributed by atoms with Gasteiger partial charge in [-0.2, -0.15) is 4.31 Å². The molecule has 0 saturated carbocycles. The van der Waals surface area contributed by atoms with E-state index < -0.39 is 34.0 Å². The first-order valence-electron chi connectivity index (χ1n) is 8.81. The van der Waals surface area contributed by atoms with Crippen molar-refractivity contribution in [1.29, 1.82) is 0 Å². The van der Waals surface area contributed by atoms with Gasteiger partial charge in [0.15, 0.2) is 0 Å². The summed E-state index contributed by atoms with van der Waals surface area (Å²) < 4.78 is 27.4. The Morgan fingerprint density at radius 1 is 1.04 bits per heavy atom. The number of imide groups is 1. The Hall–Kier alpha value is -2.42. The van der Waals surface area contributed by atoms with Gasteiger partial charge in [-0.05, 0) is 36.2 Å². The van der Waals surface area contributed by atoms with E-state index in [-0.39, 0.29) is 18.0 Å². The van der Waals surface area contributed by atoms with E-state index in [1.54, 1.807) is 0 Å². The van der Waals surface area contributed by atoms with Gasteiger partial charge in [-0.3, -0.25) is 9.69 Å². The smallest absolute Gasteiger partial charge is 0.324 e. The van der Waals surface area contributed by atoms with Gasteiger partial charge in [-0.25, -0.2) is 13.2 Å². The third kappa shape index (κ3) is 3.28. The van der Waals surface area contributed by atoms with Crippen LogP contribution in [0.4, 0.5) is 4.79 Å². The summed E-state index contributed by atoms with van der Waals surface area (Å²) in [7, 11) is -3.90. The number of halogens is 1. The SMILES string of the molecule is O=C1N[C@@H]2CCN(S(=O)(=O)c3ccc(Cl)cc3)[C@H]2C(=O)N1Cc1ccccc1. The van der Waals surface area contributed by atoms with E-state index in [1.807, 2.05) is 30.3 Å². The van der Waals surface area contributed by atoms with Gasteiger partial charge in [0.2, 0.25) is 10.0 Å². The average molecular weight is 420 g/mol. The number of nitrogens with one attached hydrogen (secondary N) is 1. The molecule has 2 fully saturated rings. The molecule has 0 aromatic heterocycles. The molecular weight excluding hydrogens is 402 g/mol. The van der Waals surface area contributed by atoms with Crippen LogP contribution < -0.4 is 5.32 Å². The van der Waals surface area contributed by atoms with Crippen LogP contribution in [-0.4, -0.2) is 48.2 Å². The molecule has 9 heteroatoms. The normalized spacial score (nSPS) is 22.8. The number of amides is 3. The van der Waals surface area contributed by atoms with Crippen molar-refractivity contribution in [3.8, 4) is 0 Å². The van der Waals surface area contributed by atoms with Crippen molar-refractivity contribution in [2.45, 2.75) is 29.9 Å². The zero-order valence-electron chi connectivity index (χ0n) is 14.8. The first-order valence-corrected chi connectivity index (χ1v) is 10.6. The molecule has 2 saturated heterocycles. The van der Waals surface area contributed by atoms with Crippen LogP contribution in [0, 0.1) is 0 Å². The van der Waals surface area contributed by atoms with Crippen LogP contribution in [0.2, 0.25) is 5.02 Å². The Morgan fingerprint density at radius 3 is 2.39 bits per heavy atom. The van der Waals surface area contributed by atoms with E-state index in [9.17, 15) is 18.0 Å². The Labute approximate surface area is 167 Å². The molecule has 1 N–H and O–H groups in total. The second-order valence-corrected chi connectivity index (χ2v) is 9.10. The van der Waals surface area contributed by atoms with Gasteiger partial charge in [0.05, 0.1) is 17.5 Å². The molecule has 0 bridgehead atoms. The lowest BCUT2D eigenvalue weighted by atomic mass is 10.1. The standard InChI is InChI=1S/C19H18ClN3O4S/c20-14-6-8-15(9-7-14)28(26,27)23-11-10-16-17(23)18(24)22(19(25)21-16)12-13-4-2-1-3-5-13/h1-9,16-17H,10-12H2,(H,21,25)/t16-,17-/m1/s1. The molecule has 2 aromatic carbocycles. The van der Waals surface area contributed by atoms with Crippen molar-refractivity contribution < 1.29 is 18.0 Å². The van der Waals surface area contributed by atoms with E-state index in [1.165, 1.54) is 28.6 Å². The van der Waals surface area contributed by atoms with E-state index in [4.69, 9.17) is 11.6 Å². The number of nitrogens with zero attached hydrogens (tertiary/aromatic N) is 2. The van der Waals surface area contributed by atoms with Gasteiger partial charge in [0, 0.05) is 11.6 Å². The van der Waals surface area contributed by atoms with Crippen LogP contribution in [0.1, 0.15) is 12.0 Å². The number of hydrogen-bond donors (Lipinski definition) is 1. The highest BCUT2D eigenvalue weighted by atomic mass is 35.5. The summed E-state index contributed by atoms with van der Waals surface area (Å²) in [5, 5.41) is 3.20. The summed E-state index contributed by atoms with van der Waals surface area (Å²) in [5.74, 6) is -0.507. The highest BCUT2D eigenvalue weighted by Gasteiger charge is 2.51. The lowest BCUT2D eigenvalue weighted by Gasteiger charge is -2.36. The summed E-state index contributed by atoms with van der Waals surface area (Å²) in [6.07, 6.45) is 0.383. The van der Waals surface area contributed by atoms with Crippen molar-refractivity contribution in [3.05, 3.63) is 65.2 Å². The molecule has 2 aliphatic heterocycles. The average Bonchev–Trinajstić information content (AvgIpc) is 3.11.